The number of fused-ring (bicyclic) bond motifs is 1. The molecule has 2 heterocycles. The maximum Gasteiger partial charge on any atom is 0.264 e. The first-order valence-electron chi connectivity index (χ1n) is 6.28. The lowest BCUT2D eigenvalue weighted by molar-refractivity contribution is -0.115. The SMILES string of the molecule is O=C(NS(=O)(=O)c1cccc2cnccc12)C1=COCC1. The smallest absolute Gasteiger partial charge is 0.264 e. The number of sulfonamides is 1. The highest BCUT2D eigenvalue weighted by Crippen LogP contribution is 2.22. The van der Waals surface area contributed by atoms with Gasteiger partial charge >= 0.3 is 0 Å². The van der Waals surface area contributed by atoms with E-state index in [0.29, 0.717) is 29.4 Å². The fraction of sp³-hybridized carbons (Fsp3) is 0.143. The Morgan fingerprint density at radius 2 is 2.14 bits per heavy atom. The van der Waals surface area contributed by atoms with E-state index in [9.17, 15) is 13.2 Å². The molecule has 1 aromatic heterocycles. The zero-order valence-electron chi connectivity index (χ0n) is 10.9. The second-order valence-electron chi connectivity index (χ2n) is 4.55. The van der Waals surface area contributed by atoms with E-state index in [0.717, 1.165) is 0 Å². The topological polar surface area (TPSA) is 85.4 Å². The molecule has 21 heavy (non-hydrogen) atoms. The number of hydrogen-bond donors (Lipinski definition) is 1. The van der Waals surface area contributed by atoms with Gasteiger partial charge in [-0.25, -0.2) is 13.1 Å². The number of aromatic nitrogens is 1. The molecule has 1 aliphatic rings. The summed E-state index contributed by atoms with van der Waals surface area (Å²) in [6.07, 6.45) is 4.78. The van der Waals surface area contributed by atoms with Crippen LogP contribution in [0, 0.1) is 0 Å². The lowest BCUT2D eigenvalue weighted by atomic mass is 10.2. The molecule has 1 aliphatic heterocycles. The van der Waals surface area contributed by atoms with Crippen molar-refractivity contribution in [2.45, 2.75) is 11.3 Å². The molecule has 3 rings (SSSR count). The van der Waals surface area contributed by atoms with Gasteiger partial charge in [-0.1, -0.05) is 12.1 Å². The number of hydrogen-bond acceptors (Lipinski definition) is 5. The third-order valence-electron chi connectivity index (χ3n) is 3.16. The summed E-state index contributed by atoms with van der Waals surface area (Å²) < 4.78 is 31.8. The molecule has 0 aliphatic carbocycles. The standard InChI is InChI=1S/C14H12N2O4S/c17-14(11-5-7-20-9-11)16-21(18,19)13-3-1-2-10-8-15-6-4-12(10)13/h1-4,6,8-9H,5,7H2,(H,16,17). The van der Waals surface area contributed by atoms with E-state index in [1.807, 2.05) is 0 Å². The zero-order chi connectivity index (χ0) is 14.9. The van der Waals surface area contributed by atoms with E-state index in [4.69, 9.17) is 4.74 Å². The minimum Gasteiger partial charge on any atom is -0.500 e. The Morgan fingerprint density at radius 3 is 2.90 bits per heavy atom. The van der Waals surface area contributed by atoms with Gasteiger partial charge in [-0.05, 0) is 12.1 Å². The van der Waals surface area contributed by atoms with Crippen LogP contribution < -0.4 is 4.72 Å². The van der Waals surface area contributed by atoms with Crippen LogP contribution in [0.4, 0.5) is 0 Å². The van der Waals surface area contributed by atoms with E-state index >= 15 is 0 Å². The summed E-state index contributed by atoms with van der Waals surface area (Å²) in [6.45, 7) is 0.392. The molecule has 0 spiro atoms. The Hall–Kier alpha value is -2.41. The van der Waals surface area contributed by atoms with Gasteiger partial charge in [0.25, 0.3) is 15.9 Å². The van der Waals surface area contributed by atoms with Gasteiger partial charge < -0.3 is 4.74 Å². The van der Waals surface area contributed by atoms with Gasteiger partial charge in [0.15, 0.2) is 0 Å². The van der Waals surface area contributed by atoms with E-state index < -0.39 is 15.9 Å². The van der Waals surface area contributed by atoms with Crippen LogP contribution in [0.15, 0.2) is 53.4 Å². The highest BCUT2D eigenvalue weighted by molar-refractivity contribution is 7.90. The summed E-state index contributed by atoms with van der Waals surface area (Å²) in [4.78, 5) is 15.9. The zero-order valence-corrected chi connectivity index (χ0v) is 11.8. The van der Waals surface area contributed by atoms with Crippen molar-refractivity contribution in [3.05, 3.63) is 48.5 Å². The van der Waals surface area contributed by atoms with E-state index in [-0.39, 0.29) is 4.90 Å². The van der Waals surface area contributed by atoms with Crippen molar-refractivity contribution in [1.29, 1.82) is 0 Å². The molecule has 0 bridgehead atoms. The Bertz CT molecular complexity index is 838. The molecule has 0 atom stereocenters. The predicted molar refractivity (Wildman–Crippen MR) is 75.7 cm³/mol. The predicted octanol–water partition coefficient (Wildman–Crippen LogP) is 1.34. The van der Waals surface area contributed by atoms with E-state index in [1.165, 1.54) is 18.5 Å². The van der Waals surface area contributed by atoms with Crippen LogP contribution in [0.5, 0.6) is 0 Å². The first-order chi connectivity index (χ1) is 10.1. The van der Waals surface area contributed by atoms with Crippen molar-refractivity contribution in [2.75, 3.05) is 6.61 Å². The van der Waals surface area contributed by atoms with Crippen LogP contribution in [0.3, 0.4) is 0 Å². The number of benzene rings is 1. The lowest BCUT2D eigenvalue weighted by Gasteiger charge is -2.09. The fourth-order valence-electron chi connectivity index (χ4n) is 2.12. The summed E-state index contributed by atoms with van der Waals surface area (Å²) in [5, 5.41) is 1.21. The van der Waals surface area contributed by atoms with Crippen molar-refractivity contribution in [2.24, 2.45) is 0 Å². The summed E-state index contributed by atoms with van der Waals surface area (Å²) >= 11 is 0. The molecule has 0 saturated carbocycles. The molecule has 1 aromatic carbocycles. The Kier molecular flexibility index (Phi) is 3.34. The van der Waals surface area contributed by atoms with Gasteiger partial charge in [0.2, 0.25) is 0 Å². The van der Waals surface area contributed by atoms with Crippen LogP contribution in [0.25, 0.3) is 10.8 Å². The van der Waals surface area contributed by atoms with Crippen molar-refractivity contribution in [1.82, 2.24) is 9.71 Å². The van der Waals surface area contributed by atoms with Crippen molar-refractivity contribution in [3.63, 3.8) is 0 Å². The van der Waals surface area contributed by atoms with E-state index in [2.05, 4.69) is 9.71 Å². The number of rotatable bonds is 3. The molecular formula is C14H12N2O4S. The molecule has 108 valence electrons. The molecule has 6 nitrogen and oxygen atoms in total. The molecular weight excluding hydrogens is 292 g/mol. The van der Waals surface area contributed by atoms with Gasteiger partial charge in [-0.15, -0.1) is 0 Å². The largest absolute Gasteiger partial charge is 0.500 e. The average Bonchev–Trinajstić information content (AvgIpc) is 3.00. The normalized spacial score (nSPS) is 14.6. The van der Waals surface area contributed by atoms with Crippen LogP contribution in [0.1, 0.15) is 6.42 Å². The minimum atomic E-state index is -3.95. The van der Waals surface area contributed by atoms with Crippen molar-refractivity contribution in [3.8, 4) is 0 Å². The van der Waals surface area contributed by atoms with Crippen LogP contribution in [-0.2, 0) is 19.6 Å². The maximum atomic E-state index is 12.4. The Morgan fingerprint density at radius 1 is 1.29 bits per heavy atom. The summed E-state index contributed by atoms with van der Waals surface area (Å²) in [6, 6.07) is 6.43. The second-order valence-corrected chi connectivity index (χ2v) is 6.20. The Labute approximate surface area is 121 Å². The molecule has 0 radical (unpaired) electrons. The molecule has 7 heteroatoms. The highest BCUT2D eigenvalue weighted by atomic mass is 32.2. The summed E-state index contributed by atoms with van der Waals surface area (Å²) in [7, 11) is -3.95. The molecule has 0 fully saturated rings. The van der Waals surface area contributed by atoms with Gasteiger partial charge in [-0.2, -0.15) is 0 Å². The van der Waals surface area contributed by atoms with Crippen LogP contribution in [0.2, 0.25) is 0 Å². The molecule has 0 saturated heterocycles. The van der Waals surface area contributed by atoms with Crippen molar-refractivity contribution >= 4 is 26.7 Å². The monoisotopic (exact) mass is 304 g/mol. The first-order valence-corrected chi connectivity index (χ1v) is 7.77. The quantitative estimate of drug-likeness (QED) is 0.925. The summed E-state index contributed by atoms with van der Waals surface area (Å²) in [5.74, 6) is -0.654. The number of amides is 1. The summed E-state index contributed by atoms with van der Waals surface area (Å²) in [5.41, 5.74) is 0.320. The van der Waals surface area contributed by atoms with E-state index in [1.54, 1.807) is 24.4 Å². The molecule has 1 N–H and O–H groups in total. The number of pyridine rings is 1. The van der Waals surface area contributed by atoms with Crippen LogP contribution in [-0.4, -0.2) is 25.9 Å². The molecule has 0 unspecified atom stereocenters. The van der Waals surface area contributed by atoms with Gasteiger partial charge in [0.05, 0.1) is 23.3 Å². The lowest BCUT2D eigenvalue weighted by Crippen LogP contribution is -2.31. The number of carbonyl (C=O) groups excluding carboxylic acids is 1. The second kappa shape index (κ2) is 5.17. The number of nitrogens with one attached hydrogen (secondary N) is 1. The Balaban J connectivity index is 1.99. The third kappa shape index (κ3) is 2.59. The fourth-order valence-corrected chi connectivity index (χ4v) is 3.34. The maximum absolute atomic E-state index is 12.4. The number of carbonyl (C=O) groups is 1. The number of nitrogens with zero attached hydrogens (tertiary/aromatic N) is 1. The van der Waals surface area contributed by atoms with Gasteiger partial charge in [0, 0.05) is 29.6 Å². The highest BCUT2D eigenvalue weighted by Gasteiger charge is 2.23. The average molecular weight is 304 g/mol. The van der Waals surface area contributed by atoms with Crippen LogP contribution >= 0.6 is 0 Å². The first kappa shape index (κ1) is 13.6. The van der Waals surface area contributed by atoms with Gasteiger partial charge in [0.1, 0.15) is 0 Å². The molecule has 1 amide bonds. The number of ether oxygens (including phenoxy) is 1. The minimum absolute atomic E-state index is 0.0512. The third-order valence-corrected chi connectivity index (χ3v) is 4.55. The van der Waals surface area contributed by atoms with Gasteiger partial charge in [-0.3, -0.25) is 9.78 Å². The molecule has 2 aromatic rings. The van der Waals surface area contributed by atoms with Crippen molar-refractivity contribution < 1.29 is 17.9 Å².